The van der Waals surface area contributed by atoms with Gasteiger partial charge in [0.15, 0.2) is 0 Å². The van der Waals surface area contributed by atoms with E-state index in [0.29, 0.717) is 38.0 Å². The first-order valence-electron chi connectivity index (χ1n) is 10.5. The molecule has 0 aliphatic heterocycles. The molecule has 1 fully saturated rings. The Morgan fingerprint density at radius 2 is 1.64 bits per heavy atom. The Labute approximate surface area is 168 Å². The Kier molecular flexibility index (Phi) is 7.46. The van der Waals surface area contributed by atoms with Crippen LogP contribution in [0.5, 0.6) is 5.75 Å². The van der Waals surface area contributed by atoms with Crippen LogP contribution in [-0.4, -0.2) is 22.4 Å². The number of hydrogen-bond acceptors (Lipinski definition) is 3. The second kappa shape index (κ2) is 10.3. The molecule has 0 bridgehead atoms. The molecule has 1 saturated carbocycles. The third-order valence-electron chi connectivity index (χ3n) is 5.29. The van der Waals surface area contributed by atoms with Crippen LogP contribution in [0.4, 0.5) is 0 Å². The minimum atomic E-state index is 0.254. The van der Waals surface area contributed by atoms with Crippen molar-refractivity contribution in [3.63, 3.8) is 0 Å². The van der Waals surface area contributed by atoms with Crippen molar-refractivity contribution < 1.29 is 9.53 Å². The SMILES string of the molecule is CC(C)COc1ccc(CN(Cc2ccncc2)C(=O)CC2CCCC2)cc1. The number of aromatic nitrogens is 1. The van der Waals surface area contributed by atoms with Crippen molar-refractivity contribution in [2.75, 3.05) is 6.61 Å². The summed E-state index contributed by atoms with van der Waals surface area (Å²) < 4.78 is 5.77. The molecule has 1 aromatic carbocycles. The van der Waals surface area contributed by atoms with Crippen molar-refractivity contribution in [3.05, 3.63) is 59.9 Å². The normalized spacial score (nSPS) is 14.4. The minimum Gasteiger partial charge on any atom is -0.493 e. The first kappa shape index (κ1) is 20.4. The van der Waals surface area contributed by atoms with Gasteiger partial charge in [0.05, 0.1) is 6.61 Å². The summed E-state index contributed by atoms with van der Waals surface area (Å²) in [4.78, 5) is 19.1. The summed E-state index contributed by atoms with van der Waals surface area (Å²) >= 11 is 0. The second-order valence-electron chi connectivity index (χ2n) is 8.31. The van der Waals surface area contributed by atoms with E-state index >= 15 is 0 Å². The molecule has 0 saturated heterocycles. The lowest BCUT2D eigenvalue weighted by Crippen LogP contribution is -2.31. The van der Waals surface area contributed by atoms with Gasteiger partial charge in [-0.15, -0.1) is 0 Å². The Morgan fingerprint density at radius 3 is 2.25 bits per heavy atom. The minimum absolute atomic E-state index is 0.254. The van der Waals surface area contributed by atoms with Gasteiger partial charge in [0.1, 0.15) is 5.75 Å². The Hall–Kier alpha value is -2.36. The predicted molar refractivity (Wildman–Crippen MR) is 112 cm³/mol. The van der Waals surface area contributed by atoms with Crippen LogP contribution in [0.25, 0.3) is 0 Å². The highest BCUT2D eigenvalue weighted by Gasteiger charge is 2.22. The number of carbonyl (C=O) groups excluding carboxylic acids is 1. The van der Waals surface area contributed by atoms with Crippen LogP contribution >= 0.6 is 0 Å². The molecule has 0 atom stereocenters. The van der Waals surface area contributed by atoms with Crippen LogP contribution in [-0.2, 0) is 17.9 Å². The smallest absolute Gasteiger partial charge is 0.223 e. The largest absolute Gasteiger partial charge is 0.493 e. The summed E-state index contributed by atoms with van der Waals surface area (Å²) in [5, 5.41) is 0. The molecule has 0 radical (unpaired) electrons. The molecule has 4 heteroatoms. The van der Waals surface area contributed by atoms with Gasteiger partial charge in [0, 0.05) is 31.9 Å². The van der Waals surface area contributed by atoms with Crippen molar-refractivity contribution in [1.82, 2.24) is 9.88 Å². The zero-order chi connectivity index (χ0) is 19.8. The molecule has 0 N–H and O–H groups in total. The number of pyridine rings is 1. The number of ether oxygens (including phenoxy) is 1. The molecule has 1 heterocycles. The van der Waals surface area contributed by atoms with E-state index in [9.17, 15) is 4.79 Å². The fourth-order valence-electron chi connectivity index (χ4n) is 3.71. The molecule has 150 valence electrons. The molecule has 1 aliphatic rings. The maximum atomic E-state index is 13.0. The number of rotatable bonds is 9. The molecular formula is C24H32N2O2. The van der Waals surface area contributed by atoms with Gasteiger partial charge in [0.2, 0.25) is 5.91 Å². The van der Waals surface area contributed by atoms with Gasteiger partial charge in [-0.1, -0.05) is 38.8 Å². The summed E-state index contributed by atoms with van der Waals surface area (Å²) in [6.45, 7) is 6.24. The van der Waals surface area contributed by atoms with Crippen LogP contribution in [0.3, 0.4) is 0 Å². The van der Waals surface area contributed by atoms with E-state index in [-0.39, 0.29) is 5.91 Å². The maximum absolute atomic E-state index is 13.0. The van der Waals surface area contributed by atoms with E-state index in [1.165, 1.54) is 25.7 Å². The molecule has 1 aromatic heterocycles. The van der Waals surface area contributed by atoms with Gasteiger partial charge in [-0.25, -0.2) is 0 Å². The zero-order valence-corrected chi connectivity index (χ0v) is 17.1. The van der Waals surface area contributed by atoms with E-state index in [2.05, 4.69) is 31.0 Å². The average molecular weight is 381 g/mol. The van der Waals surface area contributed by atoms with E-state index < -0.39 is 0 Å². The highest BCUT2D eigenvalue weighted by Crippen LogP contribution is 2.28. The number of nitrogens with zero attached hydrogens (tertiary/aromatic N) is 2. The topological polar surface area (TPSA) is 42.4 Å². The second-order valence-corrected chi connectivity index (χ2v) is 8.31. The molecule has 4 nitrogen and oxygen atoms in total. The van der Waals surface area contributed by atoms with Gasteiger partial charge >= 0.3 is 0 Å². The number of carbonyl (C=O) groups is 1. The number of hydrogen-bond donors (Lipinski definition) is 0. The van der Waals surface area contributed by atoms with Crippen molar-refractivity contribution in [2.45, 2.75) is 59.0 Å². The van der Waals surface area contributed by atoms with E-state index in [1.807, 2.05) is 29.2 Å². The summed E-state index contributed by atoms with van der Waals surface area (Å²) in [5.41, 5.74) is 2.25. The van der Waals surface area contributed by atoms with Crippen molar-refractivity contribution in [1.29, 1.82) is 0 Å². The molecule has 0 unspecified atom stereocenters. The highest BCUT2D eigenvalue weighted by molar-refractivity contribution is 5.76. The van der Waals surface area contributed by atoms with Crippen LogP contribution in [0.15, 0.2) is 48.8 Å². The monoisotopic (exact) mass is 380 g/mol. The quantitative estimate of drug-likeness (QED) is 0.598. The Morgan fingerprint density at radius 1 is 1.04 bits per heavy atom. The van der Waals surface area contributed by atoms with Gasteiger partial charge in [-0.2, -0.15) is 0 Å². The first-order valence-corrected chi connectivity index (χ1v) is 10.5. The molecule has 1 aliphatic carbocycles. The summed E-state index contributed by atoms with van der Waals surface area (Å²) in [7, 11) is 0. The van der Waals surface area contributed by atoms with Crippen LogP contribution in [0.2, 0.25) is 0 Å². The molecule has 28 heavy (non-hydrogen) atoms. The van der Waals surface area contributed by atoms with Crippen LogP contribution in [0, 0.1) is 11.8 Å². The molecule has 3 rings (SSSR count). The summed E-state index contributed by atoms with van der Waals surface area (Å²) in [6, 6.07) is 12.1. The zero-order valence-electron chi connectivity index (χ0n) is 17.1. The number of amides is 1. The van der Waals surface area contributed by atoms with Crippen molar-refractivity contribution in [2.24, 2.45) is 11.8 Å². The van der Waals surface area contributed by atoms with Gasteiger partial charge < -0.3 is 9.64 Å². The first-order chi connectivity index (χ1) is 13.6. The van der Waals surface area contributed by atoms with E-state index in [4.69, 9.17) is 4.74 Å². The van der Waals surface area contributed by atoms with Gasteiger partial charge in [-0.3, -0.25) is 9.78 Å². The number of benzene rings is 1. The lowest BCUT2D eigenvalue weighted by Gasteiger charge is -2.24. The average Bonchev–Trinajstić information content (AvgIpc) is 3.20. The van der Waals surface area contributed by atoms with E-state index in [1.54, 1.807) is 12.4 Å². The van der Waals surface area contributed by atoms with Gasteiger partial charge in [-0.05, 0) is 60.1 Å². The fourth-order valence-corrected chi connectivity index (χ4v) is 3.71. The standard InChI is InChI=1S/C24H32N2O2/c1-19(2)18-28-23-9-7-21(8-10-23)16-26(17-22-11-13-25-14-12-22)24(27)15-20-5-3-4-6-20/h7-14,19-20H,3-6,15-18H2,1-2H3. The molecule has 2 aromatic rings. The Balaban J connectivity index is 1.66. The van der Waals surface area contributed by atoms with E-state index in [0.717, 1.165) is 16.9 Å². The highest BCUT2D eigenvalue weighted by atomic mass is 16.5. The maximum Gasteiger partial charge on any atom is 0.223 e. The van der Waals surface area contributed by atoms with Crippen molar-refractivity contribution >= 4 is 5.91 Å². The molecule has 0 spiro atoms. The predicted octanol–water partition coefficient (Wildman–Crippen LogP) is 5.23. The fraction of sp³-hybridized carbons (Fsp3) is 0.500. The lowest BCUT2D eigenvalue weighted by atomic mass is 10.0. The summed E-state index contributed by atoms with van der Waals surface area (Å²) in [5.74, 6) is 2.20. The lowest BCUT2D eigenvalue weighted by molar-refractivity contribution is -0.133. The third kappa shape index (κ3) is 6.36. The van der Waals surface area contributed by atoms with Crippen LogP contribution < -0.4 is 4.74 Å². The molecular weight excluding hydrogens is 348 g/mol. The molecule has 1 amide bonds. The van der Waals surface area contributed by atoms with Crippen LogP contribution in [0.1, 0.15) is 57.1 Å². The van der Waals surface area contributed by atoms with Gasteiger partial charge in [0.25, 0.3) is 0 Å². The van der Waals surface area contributed by atoms with Crippen molar-refractivity contribution in [3.8, 4) is 5.75 Å². The third-order valence-corrected chi connectivity index (χ3v) is 5.29. The summed E-state index contributed by atoms with van der Waals surface area (Å²) in [6.07, 6.45) is 9.15. The Bertz CT molecular complexity index is 722.